The first-order valence-electron chi connectivity index (χ1n) is 21.1. The van der Waals surface area contributed by atoms with E-state index in [2.05, 4.69) is 73.7 Å². The van der Waals surface area contributed by atoms with Gasteiger partial charge in [-0.15, -0.1) is 0 Å². The Bertz CT molecular complexity index is 1150. The van der Waals surface area contributed by atoms with Gasteiger partial charge in [0.15, 0.2) is 0 Å². The SMILES string of the molecule is CC.CC.CC.CC.CC.CC.CC.CC.CC.CCc1ccccc1C1C[C@H]2CC3CCCC3[C@@]23c2ccccc2-c2cccc1c23. The number of hydrogen-bond donors (Lipinski definition) is 0. The van der Waals surface area contributed by atoms with Crippen LogP contribution >= 0.6 is 0 Å². The summed E-state index contributed by atoms with van der Waals surface area (Å²) in [5.74, 6) is 3.14. The van der Waals surface area contributed by atoms with Crippen molar-refractivity contribution in [1.82, 2.24) is 0 Å². The van der Waals surface area contributed by atoms with E-state index in [0.29, 0.717) is 11.3 Å². The van der Waals surface area contributed by atoms with Crippen molar-refractivity contribution < 1.29 is 0 Å². The van der Waals surface area contributed by atoms with Gasteiger partial charge in [-0.2, -0.15) is 0 Å². The van der Waals surface area contributed by atoms with Gasteiger partial charge in [0.25, 0.3) is 0 Å². The first-order chi connectivity index (χ1) is 23.8. The van der Waals surface area contributed by atoms with Crippen LogP contribution in [0.25, 0.3) is 11.1 Å². The zero-order valence-electron chi connectivity index (χ0n) is 35.9. The molecule has 2 saturated carbocycles. The molecule has 3 unspecified atom stereocenters. The van der Waals surface area contributed by atoms with Crippen LogP contribution < -0.4 is 0 Å². The number of rotatable bonds is 2. The molecule has 1 spiro atoms. The van der Waals surface area contributed by atoms with Crippen LogP contribution in [-0.2, 0) is 11.8 Å². The topological polar surface area (TPSA) is 0 Å². The van der Waals surface area contributed by atoms with Gasteiger partial charge in [-0.25, -0.2) is 0 Å². The van der Waals surface area contributed by atoms with Crippen molar-refractivity contribution in [2.24, 2.45) is 17.8 Å². The van der Waals surface area contributed by atoms with Crippen LogP contribution in [0.3, 0.4) is 0 Å². The van der Waals surface area contributed by atoms with Crippen LogP contribution in [-0.4, -0.2) is 0 Å². The van der Waals surface area contributed by atoms with Crippen LogP contribution in [0.4, 0.5) is 0 Å². The average molecular weight is 661 g/mol. The molecule has 0 nitrogen and oxygen atoms in total. The summed E-state index contributed by atoms with van der Waals surface area (Å²) in [5, 5.41) is 0. The standard InChI is InChI=1S/C30H30.9C2H6/c1-2-19-9-3-4-11-22(19)26-18-21-17-20-10-7-16-27(20)30(21)28-15-6-5-12-23(28)24-13-8-14-25(26)29(24)30;9*1-2/h3-6,8-9,11-15,20-21,26-27H,2,7,10,16-18H2,1H3;9*1-2H3/t20?,21-,26?,27?,30-;;;;;;;;;/m1........./s1. The third-order valence-electron chi connectivity index (χ3n) is 9.36. The molecule has 7 rings (SSSR count). The van der Waals surface area contributed by atoms with E-state index in [1.807, 2.05) is 125 Å². The quantitative estimate of drug-likeness (QED) is 0.257. The summed E-state index contributed by atoms with van der Waals surface area (Å²) in [7, 11) is 0. The molecule has 0 amide bonds. The molecule has 3 aromatic rings. The lowest BCUT2D eigenvalue weighted by Crippen LogP contribution is -2.41. The summed E-state index contributed by atoms with van der Waals surface area (Å²) in [4.78, 5) is 0. The molecule has 0 bridgehead atoms. The minimum absolute atomic E-state index is 0.293. The predicted molar refractivity (Wildman–Crippen MR) is 226 cm³/mol. The largest absolute Gasteiger partial charge is 0.0683 e. The van der Waals surface area contributed by atoms with Crippen molar-refractivity contribution in [2.45, 2.75) is 181 Å². The molecule has 0 aromatic heterocycles. The first kappa shape index (κ1) is 50.0. The van der Waals surface area contributed by atoms with Crippen LogP contribution in [0.2, 0.25) is 0 Å². The molecule has 3 aromatic carbocycles. The lowest BCUT2D eigenvalue weighted by Gasteiger charge is -2.46. The van der Waals surface area contributed by atoms with Crippen LogP contribution in [0, 0.1) is 17.8 Å². The van der Waals surface area contributed by atoms with Crippen LogP contribution in [0.5, 0.6) is 0 Å². The van der Waals surface area contributed by atoms with Crippen LogP contribution in [0.1, 0.15) is 197 Å². The van der Waals surface area contributed by atoms with Crippen molar-refractivity contribution >= 4 is 0 Å². The Morgan fingerprint density at radius 1 is 0.521 bits per heavy atom. The maximum Gasteiger partial charge on any atom is 0.0277 e. The Kier molecular flexibility index (Phi) is 30.8. The molecule has 2 fully saturated rings. The molecular weight excluding hydrogens is 577 g/mol. The lowest BCUT2D eigenvalue weighted by atomic mass is 9.56. The Balaban J connectivity index is -0.000000988. The highest BCUT2D eigenvalue weighted by molar-refractivity contribution is 5.84. The summed E-state index contributed by atoms with van der Waals surface area (Å²) in [5.41, 5.74) is 11.6. The fraction of sp³-hybridized carbons (Fsp3) is 0.625. The van der Waals surface area contributed by atoms with Crippen molar-refractivity contribution in [1.29, 1.82) is 0 Å². The Morgan fingerprint density at radius 2 is 1.02 bits per heavy atom. The minimum atomic E-state index is 0.293. The number of hydrogen-bond acceptors (Lipinski definition) is 0. The molecule has 0 heterocycles. The normalized spacial score (nSPS) is 21.4. The molecule has 0 heteroatoms. The van der Waals surface area contributed by atoms with Gasteiger partial charge >= 0.3 is 0 Å². The third-order valence-corrected chi connectivity index (χ3v) is 9.36. The second-order valence-corrected chi connectivity index (χ2v) is 10.3. The molecule has 0 N–H and O–H groups in total. The van der Waals surface area contributed by atoms with Gasteiger partial charge in [0.2, 0.25) is 0 Å². The van der Waals surface area contributed by atoms with Crippen molar-refractivity contribution in [3.63, 3.8) is 0 Å². The zero-order valence-corrected chi connectivity index (χ0v) is 35.9. The van der Waals surface area contributed by atoms with E-state index in [0.717, 1.165) is 24.2 Å². The summed E-state index contributed by atoms with van der Waals surface area (Å²) in [6.07, 6.45) is 8.22. The van der Waals surface area contributed by atoms with Crippen molar-refractivity contribution in [3.8, 4) is 11.1 Å². The van der Waals surface area contributed by atoms with Gasteiger partial charge in [-0.1, -0.05) is 211 Å². The molecule has 276 valence electrons. The van der Waals surface area contributed by atoms with E-state index in [1.54, 1.807) is 33.4 Å². The smallest absolute Gasteiger partial charge is 0.0277 e. The number of fused-ring (bicyclic) bond motifs is 3. The first-order valence-corrected chi connectivity index (χ1v) is 21.1. The van der Waals surface area contributed by atoms with Crippen molar-refractivity contribution in [2.75, 3.05) is 0 Å². The van der Waals surface area contributed by atoms with E-state index >= 15 is 0 Å². The second-order valence-electron chi connectivity index (χ2n) is 10.3. The Morgan fingerprint density at radius 3 is 1.60 bits per heavy atom. The van der Waals surface area contributed by atoms with Gasteiger partial charge < -0.3 is 0 Å². The highest BCUT2D eigenvalue weighted by atomic mass is 14.7. The van der Waals surface area contributed by atoms with Gasteiger partial charge in [-0.05, 0) is 82.4 Å². The molecular formula is C48H84. The average Bonchev–Trinajstić information content (AvgIpc) is 3.91. The lowest BCUT2D eigenvalue weighted by molar-refractivity contribution is 0.255. The molecule has 48 heavy (non-hydrogen) atoms. The van der Waals surface area contributed by atoms with E-state index in [1.165, 1.54) is 37.7 Å². The minimum Gasteiger partial charge on any atom is -0.0683 e. The van der Waals surface area contributed by atoms with Gasteiger partial charge in [0.05, 0.1) is 0 Å². The van der Waals surface area contributed by atoms with Gasteiger partial charge in [0, 0.05) is 11.3 Å². The fourth-order valence-corrected chi connectivity index (χ4v) is 8.53. The molecule has 0 radical (unpaired) electrons. The Labute approximate surface area is 304 Å². The number of benzene rings is 3. The molecule has 5 atom stereocenters. The molecule has 0 aliphatic heterocycles. The fourth-order valence-electron chi connectivity index (χ4n) is 8.53. The summed E-state index contributed by atoms with van der Waals surface area (Å²) < 4.78 is 0. The van der Waals surface area contributed by atoms with E-state index in [-0.39, 0.29) is 0 Å². The predicted octanol–water partition coefficient (Wildman–Crippen LogP) is 16.7. The highest BCUT2D eigenvalue weighted by Gasteiger charge is 2.63. The molecule has 0 saturated heterocycles. The monoisotopic (exact) mass is 661 g/mol. The van der Waals surface area contributed by atoms with Gasteiger partial charge in [-0.3, -0.25) is 0 Å². The van der Waals surface area contributed by atoms with Crippen molar-refractivity contribution in [3.05, 3.63) is 94.5 Å². The third kappa shape index (κ3) is 9.88. The second kappa shape index (κ2) is 29.6. The maximum absolute atomic E-state index is 2.49. The Hall–Kier alpha value is -2.34. The summed E-state index contributed by atoms with van der Waals surface area (Å²) in [6.45, 7) is 38.3. The highest BCUT2D eigenvalue weighted by Crippen LogP contribution is 2.71. The van der Waals surface area contributed by atoms with E-state index in [4.69, 9.17) is 0 Å². The zero-order chi connectivity index (χ0) is 37.9. The molecule has 4 aliphatic carbocycles. The van der Waals surface area contributed by atoms with Crippen LogP contribution in [0.15, 0.2) is 66.7 Å². The number of aryl methyl sites for hydroxylation is 1. The van der Waals surface area contributed by atoms with E-state index < -0.39 is 0 Å². The summed E-state index contributed by atoms with van der Waals surface area (Å²) >= 11 is 0. The van der Waals surface area contributed by atoms with E-state index in [9.17, 15) is 0 Å². The van der Waals surface area contributed by atoms with Gasteiger partial charge in [0.1, 0.15) is 0 Å². The molecule has 4 aliphatic rings. The maximum atomic E-state index is 2.49. The summed E-state index contributed by atoms with van der Waals surface area (Å²) in [6, 6.07) is 26.0.